The van der Waals surface area contributed by atoms with Gasteiger partial charge in [0, 0.05) is 0 Å². The number of hydrogen-bond donors (Lipinski definition) is 0. The molecule has 2 aromatic heterocycles. The Morgan fingerprint density at radius 1 is 1.55 bits per heavy atom. The normalized spacial score (nSPS) is 10.6. The van der Waals surface area contributed by atoms with Crippen LogP contribution in [0.4, 0.5) is 0 Å². The zero-order valence-electron chi connectivity index (χ0n) is 6.01. The lowest BCUT2D eigenvalue weighted by Gasteiger charge is -1.98. The third-order valence-corrected chi connectivity index (χ3v) is 1.26. The fourth-order valence-electron chi connectivity index (χ4n) is 0.835. The van der Waals surface area contributed by atoms with Crippen LogP contribution in [0.3, 0.4) is 0 Å². The van der Waals surface area contributed by atoms with Gasteiger partial charge in [-0.15, -0.1) is 14.9 Å². The molecule has 0 saturated carbocycles. The van der Waals surface area contributed by atoms with Gasteiger partial charge in [-0.25, -0.2) is 0 Å². The summed E-state index contributed by atoms with van der Waals surface area (Å²) in [7, 11) is 0. The van der Waals surface area contributed by atoms with E-state index in [4.69, 9.17) is 4.84 Å². The Balaban J connectivity index is 2.51. The van der Waals surface area contributed by atoms with Crippen LogP contribution in [0, 0.1) is 0 Å². The van der Waals surface area contributed by atoms with Gasteiger partial charge in [-0.2, -0.15) is 9.61 Å². The molecular weight excluding hydrogens is 146 g/mol. The van der Waals surface area contributed by atoms with E-state index in [1.165, 1.54) is 15.6 Å². The monoisotopic (exact) mass is 153 g/mol. The largest absolute Gasteiger partial charge is 0.410 e. The van der Waals surface area contributed by atoms with E-state index >= 15 is 0 Å². The summed E-state index contributed by atoms with van der Waals surface area (Å²) in [6, 6.07) is 0. The smallest absolute Gasteiger partial charge is 0.286 e. The second-order valence-corrected chi connectivity index (χ2v) is 1.95. The van der Waals surface area contributed by atoms with E-state index in [1.807, 2.05) is 6.92 Å². The molecule has 11 heavy (non-hydrogen) atoms. The number of fused-ring (bicyclic) bond motifs is 1. The van der Waals surface area contributed by atoms with Crippen molar-refractivity contribution >= 4 is 5.78 Å². The van der Waals surface area contributed by atoms with E-state index in [2.05, 4.69) is 15.3 Å². The topological polar surface area (TPSA) is 57.2 Å². The van der Waals surface area contributed by atoms with E-state index in [-0.39, 0.29) is 0 Å². The van der Waals surface area contributed by atoms with Crippen LogP contribution in [0.5, 0.6) is 0 Å². The van der Waals surface area contributed by atoms with E-state index in [9.17, 15) is 0 Å². The molecule has 0 fully saturated rings. The molecule has 2 aromatic rings. The molecule has 0 bridgehead atoms. The Bertz CT molecular complexity index is 350. The van der Waals surface area contributed by atoms with Crippen molar-refractivity contribution in [2.45, 2.75) is 6.92 Å². The molecule has 2 heterocycles. The minimum atomic E-state index is 0.582. The van der Waals surface area contributed by atoms with Crippen LogP contribution in [0.25, 0.3) is 5.78 Å². The van der Waals surface area contributed by atoms with Gasteiger partial charge in [-0.05, 0) is 6.92 Å². The number of rotatable bonds is 2. The summed E-state index contributed by atoms with van der Waals surface area (Å²) in [6.07, 6.45) is 3.07. The Labute approximate surface area is 62.4 Å². The molecule has 0 N–H and O–H groups in total. The lowest BCUT2D eigenvalue weighted by molar-refractivity contribution is 0.129. The minimum Gasteiger partial charge on any atom is -0.410 e. The Kier molecular flexibility index (Phi) is 1.24. The Hall–Kier alpha value is -1.59. The molecule has 0 amide bonds. The van der Waals surface area contributed by atoms with Crippen LogP contribution >= 0.6 is 0 Å². The third kappa shape index (κ3) is 0.830. The first-order chi connectivity index (χ1) is 5.42. The SMILES string of the molecule is CCOn1cnn2cnnc12. The van der Waals surface area contributed by atoms with Gasteiger partial charge in [0.1, 0.15) is 12.9 Å². The lowest BCUT2D eigenvalue weighted by atomic mass is 10.9. The van der Waals surface area contributed by atoms with Crippen molar-refractivity contribution in [2.24, 2.45) is 0 Å². The van der Waals surface area contributed by atoms with Crippen molar-refractivity contribution < 1.29 is 4.84 Å². The summed E-state index contributed by atoms with van der Waals surface area (Å²) in [6.45, 7) is 2.48. The van der Waals surface area contributed by atoms with E-state index < -0.39 is 0 Å². The highest BCUT2D eigenvalue weighted by Gasteiger charge is 2.02. The van der Waals surface area contributed by atoms with Crippen molar-refractivity contribution in [1.82, 2.24) is 24.5 Å². The fraction of sp³-hybridized carbons (Fsp3) is 0.400. The van der Waals surface area contributed by atoms with E-state index in [0.29, 0.717) is 12.4 Å². The van der Waals surface area contributed by atoms with Gasteiger partial charge < -0.3 is 4.84 Å². The Morgan fingerprint density at radius 2 is 2.45 bits per heavy atom. The average Bonchev–Trinajstić information content (AvgIpc) is 2.53. The second-order valence-electron chi connectivity index (χ2n) is 1.95. The van der Waals surface area contributed by atoms with Crippen molar-refractivity contribution in [1.29, 1.82) is 0 Å². The predicted octanol–water partition coefficient (Wildman–Crippen LogP) is -0.626. The molecule has 0 spiro atoms. The van der Waals surface area contributed by atoms with Crippen molar-refractivity contribution in [2.75, 3.05) is 6.61 Å². The van der Waals surface area contributed by atoms with Crippen molar-refractivity contribution in [3.05, 3.63) is 12.7 Å². The maximum Gasteiger partial charge on any atom is 0.286 e. The first kappa shape index (κ1) is 6.14. The molecule has 0 saturated heterocycles. The van der Waals surface area contributed by atoms with Gasteiger partial charge in [-0.1, -0.05) is 0 Å². The molecule has 0 radical (unpaired) electrons. The standard InChI is InChI=1S/C5H7N5O/c1-2-11-10-4-7-9-3-6-8-5(9)10/h3-4H,2H2,1H3. The molecule has 58 valence electrons. The maximum absolute atomic E-state index is 5.15. The van der Waals surface area contributed by atoms with Crippen LogP contribution in [-0.2, 0) is 0 Å². The highest BCUT2D eigenvalue weighted by atomic mass is 16.7. The number of aromatic nitrogens is 5. The van der Waals surface area contributed by atoms with Gasteiger partial charge in [0.25, 0.3) is 5.78 Å². The molecule has 0 unspecified atom stereocenters. The van der Waals surface area contributed by atoms with Crippen LogP contribution in [0.15, 0.2) is 12.7 Å². The quantitative estimate of drug-likeness (QED) is 0.576. The lowest BCUT2D eigenvalue weighted by Crippen LogP contribution is -2.09. The van der Waals surface area contributed by atoms with Crippen LogP contribution in [-0.4, -0.2) is 31.1 Å². The molecule has 6 nitrogen and oxygen atoms in total. The Morgan fingerprint density at radius 3 is 3.27 bits per heavy atom. The van der Waals surface area contributed by atoms with E-state index in [0.717, 1.165) is 0 Å². The zero-order valence-corrected chi connectivity index (χ0v) is 6.01. The molecule has 0 aliphatic rings. The van der Waals surface area contributed by atoms with Crippen LogP contribution in [0.2, 0.25) is 0 Å². The third-order valence-electron chi connectivity index (χ3n) is 1.26. The highest BCUT2D eigenvalue weighted by Crippen LogP contribution is 1.93. The van der Waals surface area contributed by atoms with Gasteiger partial charge in [0.05, 0.1) is 0 Å². The number of hydrogen-bond acceptors (Lipinski definition) is 4. The molecule has 0 aliphatic heterocycles. The molecule has 0 aromatic carbocycles. The molecule has 0 atom stereocenters. The summed E-state index contributed by atoms with van der Waals surface area (Å²) < 4.78 is 3.02. The van der Waals surface area contributed by atoms with Crippen molar-refractivity contribution in [3.63, 3.8) is 0 Å². The molecular formula is C5H7N5O. The zero-order chi connectivity index (χ0) is 7.68. The summed E-state index contributed by atoms with van der Waals surface area (Å²) in [5.41, 5.74) is 0. The average molecular weight is 153 g/mol. The summed E-state index contributed by atoms with van der Waals surface area (Å²) in [4.78, 5) is 5.15. The van der Waals surface area contributed by atoms with Gasteiger partial charge in [0.15, 0.2) is 6.33 Å². The summed E-state index contributed by atoms with van der Waals surface area (Å²) in [5.74, 6) is 0.590. The molecule has 6 heteroatoms. The van der Waals surface area contributed by atoms with Crippen molar-refractivity contribution in [3.8, 4) is 0 Å². The first-order valence-corrected chi connectivity index (χ1v) is 3.28. The van der Waals surface area contributed by atoms with Gasteiger partial charge >= 0.3 is 0 Å². The molecule has 0 aliphatic carbocycles. The van der Waals surface area contributed by atoms with Gasteiger partial charge in [0.2, 0.25) is 0 Å². The van der Waals surface area contributed by atoms with Crippen LogP contribution in [0.1, 0.15) is 6.92 Å². The fourth-order valence-corrected chi connectivity index (χ4v) is 0.835. The second kappa shape index (κ2) is 2.22. The highest BCUT2D eigenvalue weighted by molar-refractivity contribution is 5.21. The van der Waals surface area contributed by atoms with Crippen LogP contribution < -0.4 is 4.84 Å². The minimum absolute atomic E-state index is 0.582. The number of nitrogens with zero attached hydrogens (tertiary/aromatic N) is 5. The summed E-state index contributed by atoms with van der Waals surface area (Å²) in [5, 5.41) is 11.4. The first-order valence-electron chi connectivity index (χ1n) is 3.28. The van der Waals surface area contributed by atoms with Gasteiger partial charge in [-0.3, -0.25) is 0 Å². The molecule has 2 rings (SSSR count). The maximum atomic E-state index is 5.15. The summed E-state index contributed by atoms with van der Waals surface area (Å²) >= 11 is 0. The predicted molar refractivity (Wildman–Crippen MR) is 35.9 cm³/mol. The van der Waals surface area contributed by atoms with E-state index in [1.54, 1.807) is 6.33 Å².